The first-order chi connectivity index (χ1) is 10.0. The lowest BCUT2D eigenvalue weighted by molar-refractivity contribution is -0.151. The quantitative estimate of drug-likeness (QED) is 0.872. The molecular weight excluding hydrogens is 266 g/mol. The number of ether oxygens (including phenoxy) is 1. The van der Waals surface area contributed by atoms with Crippen molar-refractivity contribution in [2.24, 2.45) is 0 Å². The fourth-order valence-corrected chi connectivity index (χ4v) is 3.41. The lowest BCUT2D eigenvalue weighted by Gasteiger charge is -2.38. The normalized spacial score (nSPS) is 24.0. The molecule has 1 heterocycles. The molecule has 0 spiro atoms. The predicted octanol–water partition coefficient (Wildman–Crippen LogP) is 3.48. The van der Waals surface area contributed by atoms with Crippen molar-refractivity contribution in [3.05, 3.63) is 29.8 Å². The van der Waals surface area contributed by atoms with Crippen molar-refractivity contribution < 1.29 is 14.6 Å². The Balaban J connectivity index is 2.22. The molecular formula is C17H25NO3. The van der Waals surface area contributed by atoms with Gasteiger partial charge in [-0.05, 0) is 57.4 Å². The van der Waals surface area contributed by atoms with Crippen molar-refractivity contribution in [2.45, 2.75) is 51.6 Å². The lowest BCUT2D eigenvalue weighted by atomic mass is 9.91. The fourth-order valence-electron chi connectivity index (χ4n) is 3.41. The second kappa shape index (κ2) is 6.48. The van der Waals surface area contributed by atoms with E-state index in [1.54, 1.807) is 0 Å². The third kappa shape index (κ3) is 2.91. The maximum atomic E-state index is 11.8. The Hall–Kier alpha value is -1.55. The Bertz CT molecular complexity index is 485. The molecule has 1 saturated heterocycles. The Labute approximate surface area is 126 Å². The predicted molar refractivity (Wildman–Crippen MR) is 82.6 cm³/mol. The Kier molecular flexibility index (Phi) is 4.88. The molecule has 1 aliphatic rings. The van der Waals surface area contributed by atoms with Gasteiger partial charge in [0.05, 0.1) is 6.61 Å². The number of aliphatic carboxylic acids is 1. The lowest BCUT2D eigenvalue weighted by Crippen LogP contribution is -2.50. The zero-order valence-corrected chi connectivity index (χ0v) is 13.1. The van der Waals surface area contributed by atoms with Crippen molar-refractivity contribution in [2.75, 3.05) is 13.2 Å². The molecule has 2 rings (SSSR count). The van der Waals surface area contributed by atoms with Gasteiger partial charge in [0, 0.05) is 6.04 Å². The molecule has 1 fully saturated rings. The molecule has 0 bridgehead atoms. The molecule has 2 atom stereocenters. The Morgan fingerprint density at radius 3 is 2.57 bits per heavy atom. The van der Waals surface area contributed by atoms with E-state index >= 15 is 0 Å². The van der Waals surface area contributed by atoms with Crippen LogP contribution in [0.15, 0.2) is 24.3 Å². The van der Waals surface area contributed by atoms with E-state index < -0.39 is 11.5 Å². The number of rotatable bonds is 6. The molecule has 21 heavy (non-hydrogen) atoms. The van der Waals surface area contributed by atoms with Crippen molar-refractivity contribution in [3.8, 4) is 5.75 Å². The summed E-state index contributed by atoms with van der Waals surface area (Å²) in [4.78, 5) is 13.9. The van der Waals surface area contributed by atoms with Gasteiger partial charge in [-0.1, -0.05) is 19.1 Å². The smallest absolute Gasteiger partial charge is 0.324 e. The monoisotopic (exact) mass is 291 g/mol. The zero-order valence-electron chi connectivity index (χ0n) is 13.1. The first-order valence-corrected chi connectivity index (χ1v) is 7.78. The molecule has 0 aliphatic carbocycles. The van der Waals surface area contributed by atoms with Crippen LogP contribution in [-0.4, -0.2) is 34.7 Å². The van der Waals surface area contributed by atoms with E-state index in [1.807, 2.05) is 38.1 Å². The van der Waals surface area contributed by atoms with Crippen LogP contribution in [0.25, 0.3) is 0 Å². The van der Waals surface area contributed by atoms with E-state index in [0.29, 0.717) is 13.0 Å². The van der Waals surface area contributed by atoms with Gasteiger partial charge in [-0.15, -0.1) is 0 Å². The highest BCUT2D eigenvalue weighted by Crippen LogP contribution is 2.39. The molecule has 0 saturated carbocycles. The summed E-state index contributed by atoms with van der Waals surface area (Å²) in [7, 11) is 0. The van der Waals surface area contributed by atoms with Crippen molar-refractivity contribution >= 4 is 5.97 Å². The van der Waals surface area contributed by atoms with Gasteiger partial charge in [0.2, 0.25) is 0 Å². The van der Waals surface area contributed by atoms with Crippen LogP contribution in [0.1, 0.15) is 51.6 Å². The number of carbonyl (C=O) groups is 1. The maximum absolute atomic E-state index is 11.8. The minimum atomic E-state index is -0.710. The Morgan fingerprint density at radius 1 is 1.38 bits per heavy atom. The summed E-state index contributed by atoms with van der Waals surface area (Å²) in [5, 5.41) is 9.68. The number of likely N-dealkylation sites (tertiary alicyclic amines) is 1. The average molecular weight is 291 g/mol. The number of nitrogens with zero attached hydrogens (tertiary/aromatic N) is 1. The number of carboxylic acids is 1. The van der Waals surface area contributed by atoms with Crippen LogP contribution < -0.4 is 4.74 Å². The average Bonchev–Trinajstić information content (AvgIpc) is 2.93. The third-order valence-electron chi connectivity index (χ3n) is 4.66. The standard InChI is InChI=1S/C17H25NO3/c1-4-17(16(19)20)11-6-12-18(17)13(3)14-7-9-15(10-8-14)21-5-2/h7-10,13H,4-6,11-12H2,1-3H3,(H,19,20). The summed E-state index contributed by atoms with van der Waals surface area (Å²) in [6.07, 6.45) is 2.32. The number of hydrogen-bond acceptors (Lipinski definition) is 3. The molecule has 4 nitrogen and oxygen atoms in total. The molecule has 116 valence electrons. The maximum Gasteiger partial charge on any atom is 0.324 e. The Morgan fingerprint density at radius 2 is 2.05 bits per heavy atom. The molecule has 1 aliphatic heterocycles. The number of carboxylic acid groups (broad SMARTS) is 1. The first-order valence-electron chi connectivity index (χ1n) is 7.78. The molecule has 0 amide bonds. The van der Waals surface area contributed by atoms with Crippen LogP contribution in [0.5, 0.6) is 5.75 Å². The molecule has 2 unspecified atom stereocenters. The van der Waals surface area contributed by atoms with Gasteiger partial charge in [-0.3, -0.25) is 9.69 Å². The molecule has 1 N–H and O–H groups in total. The van der Waals surface area contributed by atoms with E-state index in [1.165, 1.54) is 0 Å². The summed E-state index contributed by atoms with van der Waals surface area (Å²) in [5.74, 6) is 0.162. The second-order valence-electron chi connectivity index (χ2n) is 5.67. The van der Waals surface area contributed by atoms with Crippen molar-refractivity contribution in [3.63, 3.8) is 0 Å². The summed E-state index contributed by atoms with van der Waals surface area (Å²) in [6, 6.07) is 8.09. The van der Waals surface area contributed by atoms with Crippen LogP contribution in [0.3, 0.4) is 0 Å². The van der Waals surface area contributed by atoms with Crippen LogP contribution in [-0.2, 0) is 4.79 Å². The van der Waals surface area contributed by atoms with Gasteiger partial charge < -0.3 is 9.84 Å². The van der Waals surface area contributed by atoms with Crippen LogP contribution in [0.4, 0.5) is 0 Å². The topological polar surface area (TPSA) is 49.8 Å². The molecule has 0 aromatic heterocycles. The summed E-state index contributed by atoms with van der Waals surface area (Å²) in [6.45, 7) is 7.52. The van der Waals surface area contributed by atoms with Crippen LogP contribution in [0.2, 0.25) is 0 Å². The van der Waals surface area contributed by atoms with E-state index in [9.17, 15) is 9.90 Å². The van der Waals surface area contributed by atoms with Crippen molar-refractivity contribution in [1.82, 2.24) is 4.90 Å². The highest BCUT2D eigenvalue weighted by molar-refractivity contribution is 5.79. The minimum absolute atomic E-state index is 0.0965. The van der Waals surface area contributed by atoms with Gasteiger partial charge in [0.1, 0.15) is 11.3 Å². The zero-order chi connectivity index (χ0) is 15.5. The number of hydrogen-bond donors (Lipinski definition) is 1. The van der Waals surface area contributed by atoms with Crippen molar-refractivity contribution in [1.29, 1.82) is 0 Å². The summed E-state index contributed by atoms with van der Waals surface area (Å²) >= 11 is 0. The van der Waals surface area contributed by atoms with Crippen LogP contribution in [0, 0.1) is 0 Å². The van der Waals surface area contributed by atoms with Gasteiger partial charge in [-0.25, -0.2) is 0 Å². The van der Waals surface area contributed by atoms with Gasteiger partial charge in [0.25, 0.3) is 0 Å². The minimum Gasteiger partial charge on any atom is -0.494 e. The molecule has 4 heteroatoms. The molecule has 1 aromatic carbocycles. The van der Waals surface area contributed by atoms with E-state index in [2.05, 4.69) is 11.8 Å². The number of benzene rings is 1. The molecule has 0 radical (unpaired) electrons. The first kappa shape index (κ1) is 15.8. The fraction of sp³-hybridized carbons (Fsp3) is 0.588. The highest BCUT2D eigenvalue weighted by atomic mass is 16.5. The van der Waals surface area contributed by atoms with E-state index in [0.717, 1.165) is 30.7 Å². The van der Waals surface area contributed by atoms with E-state index in [-0.39, 0.29) is 6.04 Å². The van der Waals surface area contributed by atoms with Gasteiger partial charge in [-0.2, -0.15) is 0 Å². The highest BCUT2D eigenvalue weighted by Gasteiger charge is 2.48. The van der Waals surface area contributed by atoms with Gasteiger partial charge >= 0.3 is 5.97 Å². The second-order valence-corrected chi connectivity index (χ2v) is 5.67. The SMILES string of the molecule is CCOc1ccc(C(C)N2CCCC2(CC)C(=O)O)cc1. The summed E-state index contributed by atoms with van der Waals surface area (Å²) in [5.41, 5.74) is 0.428. The summed E-state index contributed by atoms with van der Waals surface area (Å²) < 4.78 is 5.46. The largest absolute Gasteiger partial charge is 0.494 e. The third-order valence-corrected chi connectivity index (χ3v) is 4.66. The molecule has 1 aromatic rings. The van der Waals surface area contributed by atoms with Gasteiger partial charge in [0.15, 0.2) is 0 Å². The van der Waals surface area contributed by atoms with Crippen LogP contribution >= 0.6 is 0 Å². The van der Waals surface area contributed by atoms with E-state index in [4.69, 9.17) is 4.74 Å².